The molecule has 30 heavy (non-hydrogen) atoms. The zero-order valence-corrected chi connectivity index (χ0v) is 18.5. The van der Waals surface area contributed by atoms with Crippen molar-refractivity contribution in [2.45, 2.75) is 57.4 Å². The van der Waals surface area contributed by atoms with Crippen LogP contribution >= 0.6 is 11.3 Å². The monoisotopic (exact) mass is 428 g/mol. The normalized spacial score (nSPS) is 21.9. The largest absolute Gasteiger partial charge is 0.347 e. The molecule has 7 nitrogen and oxygen atoms in total. The van der Waals surface area contributed by atoms with E-state index in [9.17, 15) is 4.79 Å². The van der Waals surface area contributed by atoms with Gasteiger partial charge in [-0.25, -0.2) is 0 Å². The lowest BCUT2D eigenvalue weighted by molar-refractivity contribution is 0.0583. The molecular formula is C22H32N6OS. The molecule has 1 amide bonds. The molecule has 3 saturated heterocycles. The predicted molar refractivity (Wildman–Crippen MR) is 120 cm³/mol. The number of carbonyl (C=O) groups excluding carboxylic acids is 1. The van der Waals surface area contributed by atoms with Gasteiger partial charge in [-0.2, -0.15) is 0 Å². The molecule has 0 atom stereocenters. The first-order valence-electron chi connectivity index (χ1n) is 11.6. The topological polar surface area (TPSA) is 57.5 Å². The molecule has 0 unspecified atom stereocenters. The minimum absolute atomic E-state index is 0.117. The zero-order valence-electron chi connectivity index (χ0n) is 17.7. The molecule has 5 rings (SSSR count). The summed E-state index contributed by atoms with van der Waals surface area (Å²) >= 11 is 1.58. The summed E-state index contributed by atoms with van der Waals surface area (Å²) in [7, 11) is 0. The van der Waals surface area contributed by atoms with Crippen molar-refractivity contribution in [2.75, 3.05) is 44.2 Å². The van der Waals surface area contributed by atoms with Crippen LogP contribution in [0.5, 0.6) is 0 Å². The van der Waals surface area contributed by atoms with Crippen LogP contribution in [0.25, 0.3) is 5.13 Å². The molecule has 0 aromatic carbocycles. The Morgan fingerprint density at radius 3 is 2.27 bits per heavy atom. The number of nitrogens with zero attached hydrogens (tertiary/aromatic N) is 6. The first-order chi connectivity index (χ1) is 14.8. The van der Waals surface area contributed by atoms with Gasteiger partial charge in [0.1, 0.15) is 5.69 Å². The number of hydrogen-bond acceptors (Lipinski definition) is 6. The van der Waals surface area contributed by atoms with E-state index in [1.807, 2.05) is 27.8 Å². The van der Waals surface area contributed by atoms with Crippen LogP contribution in [-0.2, 0) is 0 Å². The van der Waals surface area contributed by atoms with Gasteiger partial charge in [0.25, 0.3) is 5.91 Å². The molecule has 0 saturated carbocycles. The average Bonchev–Trinajstić information content (AvgIpc) is 3.50. The van der Waals surface area contributed by atoms with Crippen molar-refractivity contribution in [2.24, 2.45) is 0 Å². The quantitative estimate of drug-likeness (QED) is 0.747. The Bertz CT molecular complexity index is 843. The highest BCUT2D eigenvalue weighted by Crippen LogP contribution is 2.28. The second-order valence-corrected chi connectivity index (χ2v) is 9.73. The van der Waals surface area contributed by atoms with Gasteiger partial charge in [0.2, 0.25) is 10.3 Å². The summed E-state index contributed by atoms with van der Waals surface area (Å²) in [6.07, 6.45) is 11.9. The standard InChI is InChI=1S/C22H32N6OS/c29-20(26-16-9-18(10-17-26)25-11-3-1-4-12-25)19-8-7-15-28(19)22-24-23-21(30-22)27-13-5-2-6-14-27/h7-8,15,18H,1-6,9-14,16-17H2. The Labute approximate surface area is 182 Å². The minimum Gasteiger partial charge on any atom is -0.347 e. The molecule has 3 fully saturated rings. The van der Waals surface area contributed by atoms with Gasteiger partial charge in [-0.15, -0.1) is 10.2 Å². The van der Waals surface area contributed by atoms with Crippen molar-refractivity contribution < 1.29 is 4.79 Å². The van der Waals surface area contributed by atoms with Crippen LogP contribution < -0.4 is 4.90 Å². The molecule has 3 aliphatic rings. The Morgan fingerprint density at radius 2 is 1.53 bits per heavy atom. The Kier molecular flexibility index (Phi) is 6.04. The molecule has 3 aliphatic heterocycles. The summed E-state index contributed by atoms with van der Waals surface area (Å²) in [5, 5.41) is 10.6. The van der Waals surface area contributed by atoms with Crippen LogP contribution in [0.15, 0.2) is 18.3 Å². The molecule has 0 aliphatic carbocycles. The van der Waals surface area contributed by atoms with E-state index < -0.39 is 0 Å². The number of amides is 1. The average molecular weight is 429 g/mol. The van der Waals surface area contributed by atoms with Crippen LogP contribution in [0.1, 0.15) is 61.9 Å². The maximum atomic E-state index is 13.3. The van der Waals surface area contributed by atoms with Crippen molar-refractivity contribution >= 4 is 22.4 Å². The number of carbonyl (C=O) groups is 1. The Hall–Kier alpha value is -1.93. The summed E-state index contributed by atoms with van der Waals surface area (Å²) in [5.41, 5.74) is 0.702. The van der Waals surface area contributed by atoms with Gasteiger partial charge in [-0.3, -0.25) is 9.36 Å². The van der Waals surface area contributed by atoms with Gasteiger partial charge >= 0.3 is 0 Å². The minimum atomic E-state index is 0.117. The second kappa shape index (κ2) is 9.06. The number of piperidine rings is 3. The van der Waals surface area contributed by atoms with E-state index in [2.05, 4.69) is 20.0 Å². The molecule has 5 heterocycles. The van der Waals surface area contributed by atoms with Crippen molar-refractivity contribution in [3.05, 3.63) is 24.0 Å². The lowest BCUT2D eigenvalue weighted by Gasteiger charge is -2.40. The SMILES string of the molecule is O=C(c1cccn1-c1nnc(N2CCCCC2)s1)N1CCC(N2CCCCC2)CC1. The van der Waals surface area contributed by atoms with Gasteiger partial charge in [-0.1, -0.05) is 17.8 Å². The predicted octanol–water partition coefficient (Wildman–Crippen LogP) is 3.41. The summed E-state index contributed by atoms with van der Waals surface area (Å²) in [5.74, 6) is 0.117. The number of rotatable bonds is 4. The molecule has 0 spiro atoms. The molecule has 2 aromatic rings. The van der Waals surface area contributed by atoms with Crippen LogP contribution in [0.4, 0.5) is 5.13 Å². The van der Waals surface area contributed by atoms with Crippen LogP contribution in [0.3, 0.4) is 0 Å². The lowest BCUT2D eigenvalue weighted by Crippen LogP contribution is -2.48. The Balaban J connectivity index is 1.25. The zero-order chi connectivity index (χ0) is 20.3. The molecule has 8 heteroatoms. The fraction of sp³-hybridized carbons (Fsp3) is 0.682. The summed E-state index contributed by atoms with van der Waals surface area (Å²) in [6, 6.07) is 4.51. The number of aromatic nitrogens is 3. The molecule has 0 N–H and O–H groups in total. The molecule has 0 radical (unpaired) electrons. The van der Waals surface area contributed by atoms with Crippen molar-refractivity contribution in [3.8, 4) is 5.13 Å². The van der Waals surface area contributed by atoms with E-state index in [1.165, 1.54) is 51.6 Å². The van der Waals surface area contributed by atoms with Crippen molar-refractivity contribution in [1.29, 1.82) is 0 Å². The number of likely N-dealkylation sites (tertiary alicyclic amines) is 2. The van der Waals surface area contributed by atoms with Gasteiger partial charge in [0.05, 0.1) is 0 Å². The molecule has 162 valence electrons. The highest BCUT2D eigenvalue weighted by Gasteiger charge is 2.29. The number of anilines is 1. The smallest absolute Gasteiger partial charge is 0.270 e. The van der Waals surface area contributed by atoms with Crippen LogP contribution in [-0.4, -0.2) is 75.8 Å². The highest BCUT2D eigenvalue weighted by molar-refractivity contribution is 7.17. The van der Waals surface area contributed by atoms with Crippen molar-refractivity contribution in [3.63, 3.8) is 0 Å². The maximum absolute atomic E-state index is 13.3. The van der Waals surface area contributed by atoms with Crippen molar-refractivity contribution in [1.82, 2.24) is 24.6 Å². The van der Waals surface area contributed by atoms with Gasteiger partial charge in [0, 0.05) is 38.4 Å². The number of hydrogen-bond donors (Lipinski definition) is 0. The van der Waals surface area contributed by atoms with E-state index >= 15 is 0 Å². The maximum Gasteiger partial charge on any atom is 0.270 e. The molecular weight excluding hydrogens is 396 g/mol. The summed E-state index contributed by atoms with van der Waals surface area (Å²) in [4.78, 5) is 20.3. The fourth-order valence-electron chi connectivity index (χ4n) is 5.12. The third-order valence-corrected chi connectivity index (χ3v) is 7.85. The van der Waals surface area contributed by atoms with E-state index in [4.69, 9.17) is 0 Å². The van der Waals surface area contributed by atoms with E-state index in [1.54, 1.807) is 11.3 Å². The molecule has 0 bridgehead atoms. The van der Waals surface area contributed by atoms with Gasteiger partial charge in [-0.05, 0) is 70.2 Å². The van der Waals surface area contributed by atoms with Crippen LogP contribution in [0.2, 0.25) is 0 Å². The van der Waals surface area contributed by atoms with E-state index in [0.717, 1.165) is 49.3 Å². The third-order valence-electron chi connectivity index (χ3n) is 6.86. The van der Waals surface area contributed by atoms with E-state index in [-0.39, 0.29) is 5.91 Å². The first-order valence-corrected chi connectivity index (χ1v) is 12.4. The second-order valence-electron chi connectivity index (χ2n) is 8.80. The highest BCUT2D eigenvalue weighted by atomic mass is 32.1. The fourth-order valence-corrected chi connectivity index (χ4v) is 6.02. The van der Waals surface area contributed by atoms with Crippen LogP contribution in [0, 0.1) is 0 Å². The molecule has 2 aromatic heterocycles. The first kappa shape index (κ1) is 20.0. The van der Waals surface area contributed by atoms with Gasteiger partial charge < -0.3 is 14.7 Å². The summed E-state index contributed by atoms with van der Waals surface area (Å²) in [6.45, 7) is 6.27. The van der Waals surface area contributed by atoms with Gasteiger partial charge in [0.15, 0.2) is 0 Å². The van der Waals surface area contributed by atoms with E-state index in [0.29, 0.717) is 11.7 Å². The lowest BCUT2D eigenvalue weighted by atomic mass is 10.00. The third kappa shape index (κ3) is 4.12. The Morgan fingerprint density at radius 1 is 0.867 bits per heavy atom. The summed E-state index contributed by atoms with van der Waals surface area (Å²) < 4.78 is 1.92.